The summed E-state index contributed by atoms with van der Waals surface area (Å²) in [5.41, 5.74) is 6.28. The van der Waals surface area contributed by atoms with E-state index in [2.05, 4.69) is 5.32 Å². The van der Waals surface area contributed by atoms with E-state index in [-0.39, 0.29) is 17.2 Å². The third kappa shape index (κ3) is 10.7. The summed E-state index contributed by atoms with van der Waals surface area (Å²) in [7, 11) is 0. The van der Waals surface area contributed by atoms with Crippen LogP contribution in [0.5, 0.6) is 5.75 Å². The molecule has 8 heteroatoms. The lowest BCUT2D eigenvalue weighted by Crippen LogP contribution is -2.44. The van der Waals surface area contributed by atoms with E-state index in [1.54, 1.807) is 20.8 Å². The van der Waals surface area contributed by atoms with E-state index >= 15 is 0 Å². The first-order chi connectivity index (χ1) is 16.5. The summed E-state index contributed by atoms with van der Waals surface area (Å²) in [5, 5.41) is 20.9. The molecule has 1 amide bonds. The first kappa shape index (κ1) is 29.2. The molecule has 2 aliphatic carbocycles. The van der Waals surface area contributed by atoms with Crippen LogP contribution in [0.1, 0.15) is 90.5 Å². The van der Waals surface area contributed by atoms with Gasteiger partial charge in [-0.05, 0) is 76.0 Å². The second-order valence-corrected chi connectivity index (χ2v) is 11.3. The SMILES string of the molecule is CC(C)(C)OC(=O)N[C@@H](Cc1ccc(O)c(Cl)c1)C(=O)O.NC(C1CCCCC1)C1CCCCC1. The van der Waals surface area contributed by atoms with Crippen LogP contribution in [0.2, 0.25) is 5.02 Å². The molecule has 7 nitrogen and oxygen atoms in total. The van der Waals surface area contributed by atoms with E-state index in [0.29, 0.717) is 11.6 Å². The molecule has 0 spiro atoms. The quantitative estimate of drug-likeness (QED) is 0.370. The van der Waals surface area contributed by atoms with E-state index in [1.165, 1.54) is 82.4 Å². The predicted octanol–water partition coefficient (Wildman–Crippen LogP) is 6.04. The van der Waals surface area contributed by atoms with Crippen molar-refractivity contribution in [2.75, 3.05) is 0 Å². The number of ether oxygens (including phenoxy) is 1. The van der Waals surface area contributed by atoms with Crippen molar-refractivity contribution < 1.29 is 24.5 Å². The van der Waals surface area contributed by atoms with E-state index in [0.717, 1.165) is 11.8 Å². The van der Waals surface area contributed by atoms with Crippen molar-refractivity contribution in [3.63, 3.8) is 0 Å². The molecule has 0 aromatic heterocycles. The van der Waals surface area contributed by atoms with Crippen molar-refractivity contribution in [3.05, 3.63) is 28.8 Å². The number of carboxylic acid groups (broad SMARTS) is 1. The first-order valence-electron chi connectivity index (χ1n) is 12.9. The normalized spacial score (nSPS) is 18.3. The highest BCUT2D eigenvalue weighted by Gasteiger charge is 2.28. The number of rotatable bonds is 6. The zero-order valence-electron chi connectivity index (χ0n) is 21.4. The van der Waals surface area contributed by atoms with Crippen molar-refractivity contribution in [2.24, 2.45) is 17.6 Å². The molecule has 198 valence electrons. The average Bonchev–Trinajstić information content (AvgIpc) is 2.81. The number of hydrogen-bond donors (Lipinski definition) is 4. The number of phenols is 1. The van der Waals surface area contributed by atoms with Gasteiger partial charge in [0.2, 0.25) is 0 Å². The Kier molecular flexibility index (Phi) is 11.6. The molecule has 2 saturated carbocycles. The zero-order chi connectivity index (χ0) is 26.0. The number of aliphatic carboxylic acids is 1. The maximum atomic E-state index is 11.6. The van der Waals surface area contributed by atoms with E-state index in [9.17, 15) is 14.7 Å². The molecule has 0 aliphatic heterocycles. The standard InChI is InChI=1S/C14H18ClNO5.C13H25N/c1-14(2,3)21-13(20)16-10(12(18)19)7-8-4-5-11(17)9(15)6-8;14-13(11-7-3-1-4-8-11)12-9-5-2-6-10-12/h4-6,10,17H,7H2,1-3H3,(H,16,20)(H,18,19);11-13H,1-10,14H2/t10-;/m0./s1. The van der Waals surface area contributed by atoms with Gasteiger partial charge in [0, 0.05) is 12.5 Å². The van der Waals surface area contributed by atoms with E-state index < -0.39 is 23.7 Å². The highest BCUT2D eigenvalue weighted by molar-refractivity contribution is 6.32. The highest BCUT2D eigenvalue weighted by Crippen LogP contribution is 2.34. The van der Waals surface area contributed by atoms with Crippen LogP contribution in [-0.2, 0) is 16.0 Å². The van der Waals surface area contributed by atoms with Crippen LogP contribution >= 0.6 is 11.6 Å². The van der Waals surface area contributed by atoms with Gasteiger partial charge in [-0.25, -0.2) is 9.59 Å². The van der Waals surface area contributed by atoms with Gasteiger partial charge < -0.3 is 26.0 Å². The van der Waals surface area contributed by atoms with Gasteiger partial charge >= 0.3 is 12.1 Å². The Labute approximate surface area is 214 Å². The van der Waals surface area contributed by atoms with Crippen molar-refractivity contribution >= 4 is 23.7 Å². The minimum Gasteiger partial charge on any atom is -0.506 e. The van der Waals surface area contributed by atoms with Gasteiger partial charge in [-0.2, -0.15) is 0 Å². The summed E-state index contributed by atoms with van der Waals surface area (Å²) in [6, 6.07) is 3.73. The lowest BCUT2D eigenvalue weighted by Gasteiger charge is -2.35. The van der Waals surface area contributed by atoms with E-state index in [4.69, 9.17) is 27.2 Å². The number of hydrogen-bond acceptors (Lipinski definition) is 5. The number of carbonyl (C=O) groups excluding carboxylic acids is 1. The van der Waals surface area contributed by atoms with Gasteiger partial charge in [0.05, 0.1) is 5.02 Å². The monoisotopic (exact) mass is 510 g/mol. The van der Waals surface area contributed by atoms with Crippen LogP contribution in [0.15, 0.2) is 18.2 Å². The molecular formula is C27H43ClN2O5. The van der Waals surface area contributed by atoms with Gasteiger partial charge in [0.15, 0.2) is 0 Å². The average molecular weight is 511 g/mol. The number of halogens is 1. The Hall–Kier alpha value is -1.99. The van der Waals surface area contributed by atoms with Gasteiger partial charge in [-0.1, -0.05) is 56.2 Å². The number of benzene rings is 1. The molecule has 5 N–H and O–H groups in total. The molecule has 0 bridgehead atoms. The van der Waals surface area contributed by atoms with Crippen molar-refractivity contribution in [1.82, 2.24) is 5.32 Å². The number of nitrogens with two attached hydrogens (primary N) is 1. The van der Waals surface area contributed by atoms with Crippen molar-refractivity contribution in [2.45, 2.75) is 109 Å². The Morgan fingerprint density at radius 1 is 1.06 bits per heavy atom. The second kappa shape index (κ2) is 13.9. The summed E-state index contributed by atoms with van der Waals surface area (Å²) in [6.07, 6.45) is 13.5. The van der Waals surface area contributed by atoms with Crippen LogP contribution in [0.4, 0.5) is 4.79 Å². The molecule has 0 heterocycles. The summed E-state index contributed by atoms with van der Waals surface area (Å²) < 4.78 is 5.02. The van der Waals surface area contributed by atoms with Crippen LogP contribution in [0.25, 0.3) is 0 Å². The number of amides is 1. The molecule has 0 saturated heterocycles. The van der Waals surface area contributed by atoms with Crippen LogP contribution in [0.3, 0.4) is 0 Å². The number of alkyl carbamates (subject to hydrolysis) is 1. The molecule has 2 fully saturated rings. The molecule has 2 aliphatic rings. The Morgan fingerprint density at radius 3 is 2.00 bits per heavy atom. The minimum absolute atomic E-state index is 0.0224. The Bertz CT molecular complexity index is 796. The molecule has 1 aromatic carbocycles. The number of aromatic hydroxyl groups is 1. The van der Waals surface area contributed by atoms with Gasteiger partial charge in [0.25, 0.3) is 0 Å². The summed E-state index contributed by atoms with van der Waals surface area (Å²) in [4.78, 5) is 22.8. The molecule has 1 aromatic rings. The largest absolute Gasteiger partial charge is 0.506 e. The fraction of sp³-hybridized carbons (Fsp3) is 0.704. The van der Waals surface area contributed by atoms with Crippen LogP contribution < -0.4 is 11.1 Å². The van der Waals surface area contributed by atoms with Crippen molar-refractivity contribution in [3.8, 4) is 5.75 Å². The number of carboxylic acids is 1. The van der Waals surface area contributed by atoms with Gasteiger partial charge in [0.1, 0.15) is 17.4 Å². The van der Waals surface area contributed by atoms with Gasteiger partial charge in [-0.15, -0.1) is 0 Å². The summed E-state index contributed by atoms with van der Waals surface area (Å²) in [5.74, 6) is 0.455. The summed E-state index contributed by atoms with van der Waals surface area (Å²) in [6.45, 7) is 5.05. The van der Waals surface area contributed by atoms with Crippen LogP contribution in [0, 0.1) is 11.8 Å². The number of nitrogens with one attached hydrogen (secondary N) is 1. The molecule has 1 atom stereocenters. The maximum absolute atomic E-state index is 11.6. The van der Waals surface area contributed by atoms with Crippen LogP contribution in [-0.4, -0.2) is 40.0 Å². The topological polar surface area (TPSA) is 122 Å². The molecule has 0 radical (unpaired) electrons. The fourth-order valence-electron chi connectivity index (χ4n) is 4.99. The number of carbonyl (C=O) groups is 2. The number of phenolic OH excluding ortho intramolecular Hbond substituents is 1. The predicted molar refractivity (Wildman–Crippen MR) is 139 cm³/mol. The van der Waals surface area contributed by atoms with Crippen molar-refractivity contribution in [1.29, 1.82) is 0 Å². The lowest BCUT2D eigenvalue weighted by molar-refractivity contribution is -0.139. The third-order valence-corrected chi connectivity index (χ3v) is 7.13. The second-order valence-electron chi connectivity index (χ2n) is 10.9. The smallest absolute Gasteiger partial charge is 0.408 e. The maximum Gasteiger partial charge on any atom is 0.408 e. The molecule has 35 heavy (non-hydrogen) atoms. The van der Waals surface area contributed by atoms with Gasteiger partial charge in [-0.3, -0.25) is 0 Å². The van der Waals surface area contributed by atoms with E-state index in [1.807, 2.05) is 0 Å². The third-order valence-electron chi connectivity index (χ3n) is 6.83. The molecule has 3 rings (SSSR count). The Morgan fingerprint density at radius 2 is 1.57 bits per heavy atom. The molecule has 0 unspecified atom stereocenters. The lowest BCUT2D eigenvalue weighted by atomic mass is 9.74. The first-order valence-corrected chi connectivity index (χ1v) is 13.3. The Balaban J connectivity index is 0.000000266. The zero-order valence-corrected chi connectivity index (χ0v) is 22.2. The summed E-state index contributed by atoms with van der Waals surface area (Å²) >= 11 is 5.76. The highest BCUT2D eigenvalue weighted by atomic mass is 35.5. The minimum atomic E-state index is -1.19. The molecular weight excluding hydrogens is 468 g/mol. The fourth-order valence-corrected chi connectivity index (χ4v) is 5.19.